The maximum atomic E-state index is 12.4. The van der Waals surface area contributed by atoms with Crippen LogP contribution in [0.3, 0.4) is 0 Å². The van der Waals surface area contributed by atoms with E-state index in [-0.39, 0.29) is 12.5 Å². The number of ether oxygens (including phenoxy) is 1. The third-order valence-corrected chi connectivity index (χ3v) is 3.83. The maximum Gasteiger partial charge on any atom is 0.253 e. The Labute approximate surface area is 120 Å². The lowest BCUT2D eigenvalue weighted by Crippen LogP contribution is -2.44. The molecule has 1 saturated carbocycles. The number of carbonyl (C=O) groups excluding carboxylic acids is 1. The Kier molecular flexibility index (Phi) is 5.15. The Morgan fingerprint density at radius 2 is 1.95 bits per heavy atom. The molecule has 4 heteroatoms. The molecule has 0 spiro atoms. The fourth-order valence-electron chi connectivity index (χ4n) is 2.33. The fraction of sp³-hybridized carbons (Fsp3) is 0.562. The molecule has 1 fully saturated rings. The molecule has 1 atom stereocenters. The Morgan fingerprint density at radius 3 is 2.40 bits per heavy atom. The number of aryl methyl sites for hydroxylation is 1. The molecule has 0 bridgehead atoms. The number of methoxy groups -OCH3 is 1. The topological polar surface area (TPSA) is 55.6 Å². The minimum Gasteiger partial charge on any atom is -0.370 e. The predicted molar refractivity (Wildman–Crippen MR) is 79.2 cm³/mol. The summed E-state index contributed by atoms with van der Waals surface area (Å²) < 4.78 is 5.18. The molecule has 1 unspecified atom stereocenters. The Hall–Kier alpha value is -1.39. The quantitative estimate of drug-likeness (QED) is 0.825. The van der Waals surface area contributed by atoms with Gasteiger partial charge in [0.1, 0.15) is 6.10 Å². The summed E-state index contributed by atoms with van der Waals surface area (Å²) in [5.41, 5.74) is 8.08. The number of nitrogens with zero attached hydrogens (tertiary/aromatic N) is 1. The van der Waals surface area contributed by atoms with E-state index >= 15 is 0 Å². The van der Waals surface area contributed by atoms with E-state index in [9.17, 15) is 4.79 Å². The van der Waals surface area contributed by atoms with Crippen molar-refractivity contribution in [2.45, 2.75) is 44.9 Å². The van der Waals surface area contributed by atoms with Gasteiger partial charge in [0.15, 0.2) is 0 Å². The summed E-state index contributed by atoms with van der Waals surface area (Å²) in [6.45, 7) is 3.01. The van der Waals surface area contributed by atoms with Crippen molar-refractivity contribution in [3.63, 3.8) is 0 Å². The third kappa shape index (κ3) is 3.58. The molecule has 0 saturated heterocycles. The van der Waals surface area contributed by atoms with Gasteiger partial charge in [-0.15, -0.1) is 0 Å². The van der Waals surface area contributed by atoms with Gasteiger partial charge in [-0.25, -0.2) is 0 Å². The van der Waals surface area contributed by atoms with Crippen LogP contribution in [-0.4, -0.2) is 36.6 Å². The standard InChI is InChI=1S/C16H24N2O2/c1-3-12-4-6-13(7-5-12)11-18(14-8-9-14)16(19)15(10-17)20-2/h4-7,14-15H,3,8-11,17H2,1-2H3. The highest BCUT2D eigenvalue weighted by molar-refractivity contribution is 5.81. The first-order valence-electron chi connectivity index (χ1n) is 7.30. The number of hydrogen-bond acceptors (Lipinski definition) is 3. The molecule has 0 radical (unpaired) electrons. The minimum atomic E-state index is -0.523. The summed E-state index contributed by atoms with van der Waals surface area (Å²) in [6, 6.07) is 8.82. The van der Waals surface area contributed by atoms with Gasteiger partial charge in [-0.2, -0.15) is 0 Å². The molecular formula is C16H24N2O2. The first-order chi connectivity index (χ1) is 9.69. The van der Waals surface area contributed by atoms with E-state index < -0.39 is 6.10 Å². The average molecular weight is 276 g/mol. The molecule has 1 aromatic carbocycles. The van der Waals surface area contributed by atoms with Crippen molar-refractivity contribution in [2.75, 3.05) is 13.7 Å². The number of rotatable bonds is 7. The zero-order valence-corrected chi connectivity index (χ0v) is 12.3. The summed E-state index contributed by atoms with van der Waals surface area (Å²) in [5, 5.41) is 0. The van der Waals surface area contributed by atoms with E-state index in [1.165, 1.54) is 12.7 Å². The lowest BCUT2D eigenvalue weighted by atomic mass is 10.1. The molecule has 2 N–H and O–H groups in total. The van der Waals surface area contributed by atoms with Gasteiger partial charge in [0.25, 0.3) is 5.91 Å². The van der Waals surface area contributed by atoms with Crippen LogP contribution in [0.2, 0.25) is 0 Å². The van der Waals surface area contributed by atoms with Gasteiger partial charge in [0, 0.05) is 26.2 Å². The molecule has 0 heterocycles. The summed E-state index contributed by atoms with van der Waals surface area (Å²) in [6.07, 6.45) is 2.68. The minimum absolute atomic E-state index is 0.0112. The van der Waals surface area contributed by atoms with Crippen molar-refractivity contribution in [3.05, 3.63) is 35.4 Å². The van der Waals surface area contributed by atoms with Gasteiger partial charge in [0.2, 0.25) is 0 Å². The van der Waals surface area contributed by atoms with Crippen LogP contribution in [0, 0.1) is 0 Å². The van der Waals surface area contributed by atoms with Gasteiger partial charge >= 0.3 is 0 Å². The lowest BCUT2D eigenvalue weighted by Gasteiger charge is -2.26. The number of carbonyl (C=O) groups is 1. The lowest BCUT2D eigenvalue weighted by molar-refractivity contribution is -0.142. The van der Waals surface area contributed by atoms with Gasteiger partial charge in [-0.1, -0.05) is 31.2 Å². The average Bonchev–Trinajstić information content (AvgIpc) is 3.31. The maximum absolute atomic E-state index is 12.4. The molecule has 4 nitrogen and oxygen atoms in total. The van der Waals surface area contributed by atoms with E-state index in [1.54, 1.807) is 0 Å². The second-order valence-electron chi connectivity index (χ2n) is 5.33. The molecule has 1 aromatic rings. The second-order valence-corrected chi connectivity index (χ2v) is 5.33. The summed E-state index contributed by atoms with van der Waals surface area (Å²) in [7, 11) is 1.54. The zero-order valence-electron chi connectivity index (χ0n) is 12.3. The highest BCUT2D eigenvalue weighted by Gasteiger charge is 2.35. The van der Waals surface area contributed by atoms with Crippen LogP contribution in [0.5, 0.6) is 0 Å². The van der Waals surface area contributed by atoms with E-state index in [2.05, 4.69) is 31.2 Å². The van der Waals surface area contributed by atoms with Crippen LogP contribution in [0.15, 0.2) is 24.3 Å². The molecule has 1 amide bonds. The van der Waals surface area contributed by atoms with E-state index in [1.807, 2.05) is 4.90 Å². The van der Waals surface area contributed by atoms with Crippen LogP contribution < -0.4 is 5.73 Å². The zero-order chi connectivity index (χ0) is 14.5. The first-order valence-corrected chi connectivity index (χ1v) is 7.30. The van der Waals surface area contributed by atoms with Gasteiger partial charge in [0.05, 0.1) is 0 Å². The molecule has 0 aliphatic heterocycles. The molecule has 1 aliphatic carbocycles. The molecule has 1 aliphatic rings. The second kappa shape index (κ2) is 6.86. The number of hydrogen-bond donors (Lipinski definition) is 1. The van der Waals surface area contributed by atoms with Gasteiger partial charge in [-0.3, -0.25) is 4.79 Å². The van der Waals surface area contributed by atoms with E-state index in [0.29, 0.717) is 12.6 Å². The molecular weight excluding hydrogens is 252 g/mol. The Morgan fingerprint density at radius 1 is 1.35 bits per heavy atom. The summed E-state index contributed by atoms with van der Waals surface area (Å²) in [4.78, 5) is 14.4. The first kappa shape index (κ1) is 15.0. The van der Waals surface area contributed by atoms with E-state index in [0.717, 1.165) is 24.8 Å². The van der Waals surface area contributed by atoms with E-state index in [4.69, 9.17) is 10.5 Å². The monoisotopic (exact) mass is 276 g/mol. The normalized spacial score (nSPS) is 15.9. The third-order valence-electron chi connectivity index (χ3n) is 3.83. The summed E-state index contributed by atoms with van der Waals surface area (Å²) >= 11 is 0. The van der Waals surface area contributed by atoms with Crippen molar-refractivity contribution in [1.82, 2.24) is 4.90 Å². The summed E-state index contributed by atoms with van der Waals surface area (Å²) in [5.74, 6) is 0.0112. The largest absolute Gasteiger partial charge is 0.370 e. The molecule has 20 heavy (non-hydrogen) atoms. The van der Waals surface area contributed by atoms with Crippen molar-refractivity contribution in [1.29, 1.82) is 0 Å². The Bertz CT molecular complexity index is 436. The van der Waals surface area contributed by atoms with Crippen LogP contribution in [-0.2, 0) is 22.5 Å². The van der Waals surface area contributed by atoms with Crippen molar-refractivity contribution < 1.29 is 9.53 Å². The number of amides is 1. The smallest absolute Gasteiger partial charge is 0.253 e. The van der Waals surface area contributed by atoms with Crippen LogP contribution in [0.25, 0.3) is 0 Å². The molecule has 2 rings (SSSR count). The van der Waals surface area contributed by atoms with Crippen LogP contribution >= 0.6 is 0 Å². The Balaban J connectivity index is 2.06. The SMILES string of the molecule is CCc1ccc(CN(C(=O)C(CN)OC)C2CC2)cc1. The highest BCUT2D eigenvalue weighted by Crippen LogP contribution is 2.29. The van der Waals surface area contributed by atoms with Gasteiger partial charge < -0.3 is 15.4 Å². The van der Waals surface area contributed by atoms with Crippen LogP contribution in [0.1, 0.15) is 30.9 Å². The van der Waals surface area contributed by atoms with Crippen molar-refractivity contribution in [2.24, 2.45) is 5.73 Å². The van der Waals surface area contributed by atoms with Crippen LogP contribution in [0.4, 0.5) is 0 Å². The number of nitrogens with two attached hydrogens (primary N) is 1. The fourth-order valence-corrected chi connectivity index (χ4v) is 2.33. The van der Waals surface area contributed by atoms with Crippen molar-refractivity contribution in [3.8, 4) is 0 Å². The van der Waals surface area contributed by atoms with Crippen molar-refractivity contribution >= 4 is 5.91 Å². The number of benzene rings is 1. The van der Waals surface area contributed by atoms with Gasteiger partial charge in [-0.05, 0) is 30.4 Å². The molecule has 0 aromatic heterocycles. The predicted octanol–water partition coefficient (Wildman–Crippen LogP) is 1.71. The highest BCUT2D eigenvalue weighted by atomic mass is 16.5. The molecule has 110 valence electrons.